The Hall–Kier alpha value is -2.39. The molecule has 3 rings (SSSR count). The quantitative estimate of drug-likeness (QED) is 0.889. The molecule has 0 atom stereocenters. The fourth-order valence-electron chi connectivity index (χ4n) is 2.88. The number of rotatable bonds is 6. The van der Waals surface area contributed by atoms with E-state index < -0.39 is 0 Å². The lowest BCUT2D eigenvalue weighted by Gasteiger charge is -2.17. The molecule has 2 aromatic carbocycles. The number of carbonyl (C=O) groups is 1. The highest BCUT2D eigenvalue weighted by atomic mass is 16.2. The largest absolute Gasteiger partial charge is 0.331 e. The Bertz CT molecular complexity index is 692. The highest BCUT2D eigenvalue weighted by molar-refractivity contribution is 5.96. The van der Waals surface area contributed by atoms with Crippen molar-refractivity contribution < 1.29 is 4.79 Å². The van der Waals surface area contributed by atoms with Gasteiger partial charge in [0.25, 0.3) is 0 Å². The number of nitrogens with zero attached hydrogens (tertiary/aromatic N) is 1. The second kappa shape index (κ2) is 7.25. The molecule has 0 saturated carbocycles. The SMILES string of the molecule is CC1=C(CNCc2ccccc2)CN(Cc2ccccc2)C1=O. The van der Waals surface area contributed by atoms with Crippen molar-refractivity contribution in [2.75, 3.05) is 13.1 Å². The van der Waals surface area contributed by atoms with Crippen LogP contribution in [0.5, 0.6) is 0 Å². The van der Waals surface area contributed by atoms with Crippen LogP contribution in [0.25, 0.3) is 0 Å². The lowest BCUT2D eigenvalue weighted by Crippen LogP contribution is -2.27. The molecular weight excluding hydrogens is 284 g/mol. The normalized spacial score (nSPS) is 14.7. The van der Waals surface area contributed by atoms with Crippen LogP contribution in [0.15, 0.2) is 71.8 Å². The molecule has 3 heteroatoms. The molecule has 118 valence electrons. The van der Waals surface area contributed by atoms with Gasteiger partial charge in [0.1, 0.15) is 0 Å². The third-order valence-electron chi connectivity index (χ3n) is 4.25. The minimum Gasteiger partial charge on any atom is -0.331 e. The summed E-state index contributed by atoms with van der Waals surface area (Å²) in [7, 11) is 0. The Morgan fingerprint density at radius 3 is 2.17 bits per heavy atom. The van der Waals surface area contributed by atoms with Crippen molar-refractivity contribution in [3.63, 3.8) is 0 Å². The zero-order valence-corrected chi connectivity index (χ0v) is 13.5. The zero-order chi connectivity index (χ0) is 16.1. The van der Waals surface area contributed by atoms with Gasteiger partial charge in [-0.3, -0.25) is 4.79 Å². The topological polar surface area (TPSA) is 32.3 Å². The highest BCUT2D eigenvalue weighted by Gasteiger charge is 2.26. The Labute approximate surface area is 137 Å². The Morgan fingerprint density at radius 1 is 0.913 bits per heavy atom. The van der Waals surface area contributed by atoms with Crippen molar-refractivity contribution in [3.8, 4) is 0 Å². The third-order valence-corrected chi connectivity index (χ3v) is 4.25. The van der Waals surface area contributed by atoms with E-state index in [0.29, 0.717) is 6.54 Å². The fourth-order valence-corrected chi connectivity index (χ4v) is 2.88. The molecule has 1 heterocycles. The molecule has 1 N–H and O–H groups in total. The predicted octanol–water partition coefficient (Wildman–Crippen LogP) is 3.14. The van der Waals surface area contributed by atoms with Crippen molar-refractivity contribution in [1.29, 1.82) is 0 Å². The summed E-state index contributed by atoms with van der Waals surface area (Å²) < 4.78 is 0. The lowest BCUT2D eigenvalue weighted by molar-refractivity contribution is -0.125. The molecule has 3 nitrogen and oxygen atoms in total. The van der Waals surface area contributed by atoms with Crippen LogP contribution in [0.1, 0.15) is 18.1 Å². The van der Waals surface area contributed by atoms with Crippen LogP contribution in [0.2, 0.25) is 0 Å². The Morgan fingerprint density at radius 2 is 1.52 bits per heavy atom. The minimum atomic E-state index is 0.158. The van der Waals surface area contributed by atoms with Crippen LogP contribution in [0.4, 0.5) is 0 Å². The number of nitrogens with one attached hydrogen (secondary N) is 1. The monoisotopic (exact) mass is 306 g/mol. The van der Waals surface area contributed by atoms with Gasteiger partial charge in [-0.1, -0.05) is 60.7 Å². The van der Waals surface area contributed by atoms with E-state index in [1.165, 1.54) is 16.7 Å². The highest BCUT2D eigenvalue weighted by Crippen LogP contribution is 2.20. The van der Waals surface area contributed by atoms with E-state index in [-0.39, 0.29) is 5.91 Å². The van der Waals surface area contributed by atoms with Gasteiger partial charge in [-0.25, -0.2) is 0 Å². The van der Waals surface area contributed by atoms with Crippen molar-refractivity contribution in [2.45, 2.75) is 20.0 Å². The van der Waals surface area contributed by atoms with Crippen LogP contribution in [0.3, 0.4) is 0 Å². The maximum atomic E-state index is 12.4. The average molecular weight is 306 g/mol. The second-order valence-electron chi connectivity index (χ2n) is 5.96. The first-order chi connectivity index (χ1) is 11.2. The van der Waals surface area contributed by atoms with Gasteiger partial charge in [0.2, 0.25) is 5.91 Å². The van der Waals surface area contributed by atoms with Crippen LogP contribution in [-0.2, 0) is 17.9 Å². The Balaban J connectivity index is 1.55. The molecule has 0 saturated heterocycles. The molecule has 23 heavy (non-hydrogen) atoms. The zero-order valence-electron chi connectivity index (χ0n) is 13.5. The number of benzene rings is 2. The van der Waals surface area contributed by atoms with Gasteiger partial charge in [0, 0.05) is 31.8 Å². The standard InChI is InChI=1S/C20H22N2O/c1-16-19(13-21-12-17-8-4-2-5-9-17)15-22(20(16)23)14-18-10-6-3-7-11-18/h2-11,21H,12-15H2,1H3. The van der Waals surface area contributed by atoms with Crippen molar-refractivity contribution in [2.24, 2.45) is 0 Å². The molecular formula is C20H22N2O. The number of amides is 1. The van der Waals surface area contributed by atoms with E-state index in [0.717, 1.165) is 25.2 Å². The first-order valence-corrected chi connectivity index (χ1v) is 8.00. The summed E-state index contributed by atoms with van der Waals surface area (Å²) in [5.41, 5.74) is 4.52. The van der Waals surface area contributed by atoms with Crippen LogP contribution >= 0.6 is 0 Å². The van der Waals surface area contributed by atoms with Gasteiger partial charge < -0.3 is 10.2 Å². The van der Waals surface area contributed by atoms with Crippen molar-refractivity contribution >= 4 is 5.91 Å². The summed E-state index contributed by atoms with van der Waals surface area (Å²) in [4.78, 5) is 14.3. The van der Waals surface area contributed by atoms with Gasteiger partial charge in [0.15, 0.2) is 0 Å². The van der Waals surface area contributed by atoms with E-state index in [1.54, 1.807) is 0 Å². The summed E-state index contributed by atoms with van der Waals surface area (Å²) in [5.74, 6) is 0.158. The molecule has 1 aliphatic heterocycles. The number of hydrogen-bond donors (Lipinski definition) is 1. The van der Waals surface area contributed by atoms with Crippen LogP contribution < -0.4 is 5.32 Å². The van der Waals surface area contributed by atoms with Crippen molar-refractivity contribution in [1.82, 2.24) is 10.2 Å². The van der Waals surface area contributed by atoms with Gasteiger partial charge in [-0.05, 0) is 23.6 Å². The van der Waals surface area contributed by atoms with E-state index in [4.69, 9.17) is 0 Å². The van der Waals surface area contributed by atoms with E-state index in [9.17, 15) is 4.79 Å². The van der Waals surface area contributed by atoms with E-state index in [2.05, 4.69) is 29.6 Å². The molecule has 0 aromatic heterocycles. The first-order valence-electron chi connectivity index (χ1n) is 8.00. The summed E-state index contributed by atoms with van der Waals surface area (Å²) >= 11 is 0. The number of carbonyl (C=O) groups excluding carboxylic acids is 1. The molecule has 2 aromatic rings. The van der Waals surface area contributed by atoms with Gasteiger partial charge in [0.05, 0.1) is 0 Å². The van der Waals surface area contributed by atoms with Crippen molar-refractivity contribution in [3.05, 3.63) is 82.9 Å². The summed E-state index contributed by atoms with van der Waals surface area (Å²) in [6, 6.07) is 20.5. The predicted molar refractivity (Wildman–Crippen MR) is 92.7 cm³/mol. The molecule has 0 unspecified atom stereocenters. The third kappa shape index (κ3) is 3.88. The molecule has 1 aliphatic rings. The van der Waals surface area contributed by atoms with E-state index in [1.807, 2.05) is 48.2 Å². The molecule has 0 aliphatic carbocycles. The first kappa shape index (κ1) is 15.5. The molecule has 0 radical (unpaired) electrons. The summed E-state index contributed by atoms with van der Waals surface area (Å²) in [6.07, 6.45) is 0. The second-order valence-corrected chi connectivity index (χ2v) is 5.96. The maximum Gasteiger partial charge on any atom is 0.250 e. The van der Waals surface area contributed by atoms with Gasteiger partial charge in [-0.2, -0.15) is 0 Å². The van der Waals surface area contributed by atoms with Crippen LogP contribution in [-0.4, -0.2) is 23.9 Å². The maximum absolute atomic E-state index is 12.4. The summed E-state index contributed by atoms with van der Waals surface area (Å²) in [6.45, 7) is 4.93. The van der Waals surface area contributed by atoms with Gasteiger partial charge >= 0.3 is 0 Å². The minimum absolute atomic E-state index is 0.158. The van der Waals surface area contributed by atoms with Gasteiger partial charge in [-0.15, -0.1) is 0 Å². The number of hydrogen-bond acceptors (Lipinski definition) is 2. The fraction of sp³-hybridized carbons (Fsp3) is 0.250. The lowest BCUT2D eigenvalue weighted by atomic mass is 10.1. The average Bonchev–Trinajstić information content (AvgIpc) is 2.85. The molecule has 0 fully saturated rings. The molecule has 0 spiro atoms. The molecule has 1 amide bonds. The smallest absolute Gasteiger partial charge is 0.250 e. The molecule has 0 bridgehead atoms. The summed E-state index contributed by atoms with van der Waals surface area (Å²) in [5, 5.41) is 3.44. The van der Waals surface area contributed by atoms with Crippen LogP contribution in [0, 0.1) is 0 Å². The van der Waals surface area contributed by atoms with E-state index >= 15 is 0 Å². The Kier molecular flexibility index (Phi) is 4.89.